The highest BCUT2D eigenvalue weighted by atomic mass is 79.9. The Morgan fingerprint density at radius 2 is 1.83 bits per heavy atom. The molecule has 1 aromatic carbocycles. The molecule has 0 bridgehead atoms. The Labute approximate surface area is 115 Å². The molecule has 0 spiro atoms. The molecule has 0 aliphatic carbocycles. The number of hydrogen-bond donors (Lipinski definition) is 2. The molecule has 1 aromatic rings. The van der Waals surface area contributed by atoms with Gasteiger partial charge in [-0.1, -0.05) is 32.9 Å². The Balaban J connectivity index is 2.93. The molecule has 0 fully saturated rings. The summed E-state index contributed by atoms with van der Waals surface area (Å²) in [5.74, 6) is -1.44. The van der Waals surface area contributed by atoms with E-state index in [0.29, 0.717) is 10.0 Å². The van der Waals surface area contributed by atoms with Gasteiger partial charge in [-0.2, -0.15) is 0 Å². The zero-order valence-corrected chi connectivity index (χ0v) is 12.1. The number of carbonyl (C=O) groups excluding carboxylic acids is 1. The molecule has 2 N–H and O–H groups in total. The van der Waals surface area contributed by atoms with Gasteiger partial charge in [0.1, 0.15) is 6.04 Å². The largest absolute Gasteiger partial charge is 0.480 e. The molecule has 5 heteroatoms. The van der Waals surface area contributed by atoms with Gasteiger partial charge < -0.3 is 10.4 Å². The molecule has 98 valence electrons. The zero-order valence-electron chi connectivity index (χ0n) is 10.5. The summed E-state index contributed by atoms with van der Waals surface area (Å²) in [6.45, 7) is 5.31. The Bertz CT molecular complexity index is 466. The summed E-state index contributed by atoms with van der Waals surface area (Å²) in [6.07, 6.45) is 0. The lowest BCUT2D eigenvalue weighted by Gasteiger charge is -2.27. The summed E-state index contributed by atoms with van der Waals surface area (Å²) < 4.78 is 0.639. The Morgan fingerprint density at radius 1 is 1.28 bits per heavy atom. The first-order chi connectivity index (χ1) is 8.23. The molecule has 0 aliphatic rings. The van der Waals surface area contributed by atoms with E-state index in [1.54, 1.807) is 45.0 Å². The van der Waals surface area contributed by atoms with Gasteiger partial charge in [0.2, 0.25) is 0 Å². The fourth-order valence-electron chi connectivity index (χ4n) is 1.50. The molecule has 0 heterocycles. The van der Waals surface area contributed by atoms with Crippen LogP contribution in [0.1, 0.15) is 31.1 Å². The lowest BCUT2D eigenvalue weighted by Crippen LogP contribution is -2.49. The third kappa shape index (κ3) is 3.57. The quantitative estimate of drug-likeness (QED) is 0.901. The minimum Gasteiger partial charge on any atom is -0.480 e. The number of amides is 1. The highest BCUT2D eigenvalue weighted by Crippen LogP contribution is 2.21. The first kappa shape index (κ1) is 14.7. The number of carboxylic acids is 1. The van der Waals surface area contributed by atoms with Crippen LogP contribution < -0.4 is 5.32 Å². The van der Waals surface area contributed by atoms with E-state index in [-0.39, 0.29) is 0 Å². The van der Waals surface area contributed by atoms with Crippen molar-refractivity contribution in [3.8, 4) is 0 Å². The highest BCUT2D eigenvalue weighted by molar-refractivity contribution is 9.10. The van der Waals surface area contributed by atoms with E-state index in [1.807, 2.05) is 0 Å². The SMILES string of the molecule is CC(C)(C)C(NC(=O)c1ccccc1Br)C(=O)O. The van der Waals surface area contributed by atoms with Crippen LogP contribution in [0, 0.1) is 5.41 Å². The van der Waals surface area contributed by atoms with Crippen molar-refractivity contribution >= 4 is 27.8 Å². The maximum Gasteiger partial charge on any atom is 0.326 e. The summed E-state index contributed by atoms with van der Waals surface area (Å²) >= 11 is 3.27. The second kappa shape index (κ2) is 5.52. The fourth-order valence-corrected chi connectivity index (χ4v) is 1.97. The van der Waals surface area contributed by atoms with Crippen molar-refractivity contribution in [1.29, 1.82) is 0 Å². The summed E-state index contributed by atoms with van der Waals surface area (Å²) in [4.78, 5) is 23.2. The minimum absolute atomic E-state index is 0.398. The molecular weight excluding hydrogens is 298 g/mol. The van der Waals surface area contributed by atoms with Gasteiger partial charge in [0.15, 0.2) is 0 Å². The van der Waals surface area contributed by atoms with Crippen LogP contribution in [0.25, 0.3) is 0 Å². The molecule has 1 rings (SSSR count). The first-order valence-electron chi connectivity index (χ1n) is 5.51. The molecule has 0 aliphatic heterocycles. The van der Waals surface area contributed by atoms with Crippen molar-refractivity contribution in [3.05, 3.63) is 34.3 Å². The highest BCUT2D eigenvalue weighted by Gasteiger charge is 2.33. The topological polar surface area (TPSA) is 66.4 Å². The number of hydrogen-bond acceptors (Lipinski definition) is 2. The number of halogens is 1. The van der Waals surface area contributed by atoms with Gasteiger partial charge in [-0.15, -0.1) is 0 Å². The summed E-state index contributed by atoms with van der Waals surface area (Å²) in [6, 6.07) is 5.96. The molecule has 0 saturated carbocycles. The molecule has 0 aromatic heterocycles. The van der Waals surface area contributed by atoms with E-state index >= 15 is 0 Å². The summed E-state index contributed by atoms with van der Waals surface area (Å²) in [5, 5.41) is 11.7. The average Bonchev–Trinajstić information content (AvgIpc) is 2.24. The van der Waals surface area contributed by atoms with E-state index in [9.17, 15) is 9.59 Å². The summed E-state index contributed by atoms with van der Waals surface area (Å²) in [7, 11) is 0. The fraction of sp³-hybridized carbons (Fsp3) is 0.385. The number of carboxylic acid groups (broad SMARTS) is 1. The van der Waals surface area contributed by atoms with E-state index in [1.165, 1.54) is 0 Å². The van der Waals surface area contributed by atoms with Crippen molar-refractivity contribution in [3.63, 3.8) is 0 Å². The molecule has 4 nitrogen and oxygen atoms in total. The number of aliphatic carboxylic acids is 1. The van der Waals surface area contributed by atoms with Crippen molar-refractivity contribution in [2.75, 3.05) is 0 Å². The van der Waals surface area contributed by atoms with Crippen molar-refractivity contribution in [1.82, 2.24) is 5.32 Å². The Kier molecular flexibility index (Phi) is 4.51. The zero-order chi connectivity index (χ0) is 13.9. The van der Waals surface area contributed by atoms with Gasteiger partial charge in [-0.25, -0.2) is 4.79 Å². The Morgan fingerprint density at radius 3 is 2.28 bits per heavy atom. The molecule has 18 heavy (non-hydrogen) atoms. The number of rotatable bonds is 3. The molecule has 0 saturated heterocycles. The Hall–Kier alpha value is -1.36. The van der Waals surface area contributed by atoms with Gasteiger partial charge in [-0.3, -0.25) is 4.79 Å². The molecule has 1 atom stereocenters. The van der Waals surface area contributed by atoms with E-state index in [4.69, 9.17) is 5.11 Å². The molecule has 0 radical (unpaired) electrons. The number of carbonyl (C=O) groups is 2. The second-order valence-electron chi connectivity index (χ2n) is 5.09. The second-order valence-corrected chi connectivity index (χ2v) is 5.94. The van der Waals surface area contributed by atoms with Crippen LogP contribution in [-0.4, -0.2) is 23.0 Å². The molecule has 1 amide bonds. The first-order valence-corrected chi connectivity index (χ1v) is 6.31. The minimum atomic E-state index is -1.04. The molecular formula is C13H16BrNO3. The molecule has 1 unspecified atom stereocenters. The number of benzene rings is 1. The normalized spacial score (nSPS) is 12.9. The van der Waals surface area contributed by atoms with Crippen LogP contribution in [0.4, 0.5) is 0 Å². The van der Waals surface area contributed by atoms with Crippen LogP contribution in [0.15, 0.2) is 28.7 Å². The van der Waals surface area contributed by atoms with Crippen molar-refractivity contribution in [2.24, 2.45) is 5.41 Å². The van der Waals surface area contributed by atoms with Crippen molar-refractivity contribution < 1.29 is 14.7 Å². The van der Waals surface area contributed by atoms with Crippen LogP contribution in [0.3, 0.4) is 0 Å². The maximum absolute atomic E-state index is 12.0. The summed E-state index contributed by atoms with van der Waals surface area (Å²) in [5.41, 5.74) is -0.129. The predicted octanol–water partition coefficient (Wildman–Crippen LogP) is 2.68. The van der Waals surface area contributed by atoms with Gasteiger partial charge in [0.05, 0.1) is 5.56 Å². The van der Waals surface area contributed by atoms with Gasteiger partial charge >= 0.3 is 5.97 Å². The van der Waals surface area contributed by atoms with Crippen LogP contribution in [0.2, 0.25) is 0 Å². The third-order valence-electron chi connectivity index (χ3n) is 2.51. The third-order valence-corrected chi connectivity index (χ3v) is 3.20. The van der Waals surface area contributed by atoms with E-state index < -0.39 is 23.3 Å². The van der Waals surface area contributed by atoms with E-state index in [0.717, 1.165) is 0 Å². The van der Waals surface area contributed by atoms with E-state index in [2.05, 4.69) is 21.2 Å². The average molecular weight is 314 g/mol. The smallest absolute Gasteiger partial charge is 0.326 e. The van der Waals surface area contributed by atoms with Gasteiger partial charge in [-0.05, 0) is 33.5 Å². The van der Waals surface area contributed by atoms with Crippen LogP contribution in [0.5, 0.6) is 0 Å². The maximum atomic E-state index is 12.0. The van der Waals surface area contributed by atoms with Crippen LogP contribution >= 0.6 is 15.9 Å². The lowest BCUT2D eigenvalue weighted by atomic mass is 9.86. The van der Waals surface area contributed by atoms with Crippen molar-refractivity contribution in [2.45, 2.75) is 26.8 Å². The standard InChI is InChI=1S/C13H16BrNO3/c1-13(2,3)10(12(17)18)15-11(16)8-6-4-5-7-9(8)14/h4-7,10H,1-3H3,(H,15,16)(H,17,18). The predicted molar refractivity (Wildman–Crippen MR) is 72.5 cm³/mol. The monoisotopic (exact) mass is 313 g/mol. The lowest BCUT2D eigenvalue weighted by molar-refractivity contribution is -0.142. The van der Waals surface area contributed by atoms with Gasteiger partial charge in [0, 0.05) is 4.47 Å². The number of nitrogens with one attached hydrogen (secondary N) is 1. The van der Waals surface area contributed by atoms with Crippen LogP contribution in [-0.2, 0) is 4.79 Å². The van der Waals surface area contributed by atoms with Gasteiger partial charge in [0.25, 0.3) is 5.91 Å².